The van der Waals surface area contributed by atoms with Gasteiger partial charge >= 0.3 is 12.1 Å². The van der Waals surface area contributed by atoms with E-state index in [1.807, 2.05) is 0 Å². The van der Waals surface area contributed by atoms with Gasteiger partial charge in [-0.3, -0.25) is 4.79 Å². The number of halogens is 3. The summed E-state index contributed by atoms with van der Waals surface area (Å²) >= 11 is 0. The molecule has 0 aliphatic carbocycles. The minimum atomic E-state index is -4.51. The van der Waals surface area contributed by atoms with Gasteiger partial charge in [0.1, 0.15) is 0 Å². The molecule has 6 heteroatoms. The zero-order valence-electron chi connectivity index (χ0n) is 9.49. The molecule has 0 saturated carbocycles. The summed E-state index contributed by atoms with van der Waals surface area (Å²) in [6.45, 7) is 1.62. The molecule has 1 aromatic rings. The van der Waals surface area contributed by atoms with Gasteiger partial charge in [-0.2, -0.15) is 18.4 Å². The molecule has 0 bridgehead atoms. The molecule has 0 saturated heterocycles. The molecule has 1 atom stereocenters. The van der Waals surface area contributed by atoms with Crippen molar-refractivity contribution in [1.82, 2.24) is 0 Å². The van der Waals surface area contributed by atoms with Crippen molar-refractivity contribution in [2.24, 2.45) is 0 Å². The highest BCUT2D eigenvalue weighted by Gasteiger charge is 2.32. The van der Waals surface area contributed by atoms with E-state index in [1.54, 1.807) is 13.0 Å². The van der Waals surface area contributed by atoms with Crippen molar-refractivity contribution >= 4 is 5.97 Å². The molecular formula is C12H10F3NO2. The Balaban J connectivity index is 3.09. The van der Waals surface area contributed by atoms with E-state index in [1.165, 1.54) is 6.07 Å². The van der Waals surface area contributed by atoms with E-state index in [0.29, 0.717) is 0 Å². The van der Waals surface area contributed by atoms with Crippen LogP contribution >= 0.6 is 0 Å². The lowest BCUT2D eigenvalue weighted by molar-refractivity contribution is -0.144. The minimum absolute atomic E-state index is 0.0224. The molecule has 0 aromatic heterocycles. The first-order valence-corrected chi connectivity index (χ1v) is 5.13. The summed E-state index contributed by atoms with van der Waals surface area (Å²) in [5.41, 5.74) is -0.921. The van der Waals surface area contributed by atoms with Crippen LogP contribution in [0.5, 0.6) is 0 Å². The summed E-state index contributed by atoms with van der Waals surface area (Å²) in [5, 5.41) is 8.84. The number of nitrogens with zero attached hydrogens (tertiary/aromatic N) is 1. The van der Waals surface area contributed by atoms with Crippen molar-refractivity contribution in [2.45, 2.75) is 19.0 Å². The Hall–Kier alpha value is -2.03. The number of ether oxygens (including phenoxy) is 1. The zero-order valence-corrected chi connectivity index (χ0v) is 9.49. The summed E-state index contributed by atoms with van der Waals surface area (Å²) in [5.74, 6) is -2.19. The van der Waals surface area contributed by atoms with Crippen molar-refractivity contribution in [3.63, 3.8) is 0 Å². The predicted molar refractivity (Wildman–Crippen MR) is 56.4 cm³/mol. The highest BCUT2D eigenvalue weighted by molar-refractivity contribution is 5.81. The number of hydrogen-bond donors (Lipinski definition) is 0. The lowest BCUT2D eigenvalue weighted by atomic mass is 9.98. The smallest absolute Gasteiger partial charge is 0.416 e. The molecule has 1 unspecified atom stereocenters. The minimum Gasteiger partial charge on any atom is -0.465 e. The molecule has 18 heavy (non-hydrogen) atoms. The van der Waals surface area contributed by atoms with Gasteiger partial charge in [0.15, 0.2) is 5.92 Å². The highest BCUT2D eigenvalue weighted by atomic mass is 19.4. The SMILES string of the molecule is CCOC(=O)C(C#N)c1cccc(C(F)(F)F)c1. The molecule has 1 rings (SSSR count). The second-order valence-corrected chi connectivity index (χ2v) is 3.44. The van der Waals surface area contributed by atoms with E-state index in [4.69, 9.17) is 5.26 Å². The quantitative estimate of drug-likeness (QED) is 0.782. The van der Waals surface area contributed by atoms with Crippen LogP contribution in [0.4, 0.5) is 13.2 Å². The zero-order chi connectivity index (χ0) is 13.8. The van der Waals surface area contributed by atoms with E-state index in [2.05, 4.69) is 4.74 Å². The number of benzene rings is 1. The van der Waals surface area contributed by atoms with Crippen molar-refractivity contribution in [2.75, 3.05) is 6.61 Å². The average molecular weight is 257 g/mol. The van der Waals surface area contributed by atoms with Gasteiger partial charge in [-0.15, -0.1) is 0 Å². The number of nitriles is 1. The molecular weight excluding hydrogens is 247 g/mol. The van der Waals surface area contributed by atoms with E-state index in [0.717, 1.165) is 18.2 Å². The van der Waals surface area contributed by atoms with Crippen LogP contribution in [0.15, 0.2) is 24.3 Å². The van der Waals surface area contributed by atoms with Crippen LogP contribution in [-0.2, 0) is 15.7 Å². The lowest BCUT2D eigenvalue weighted by Gasteiger charge is -2.11. The van der Waals surface area contributed by atoms with Gasteiger partial charge < -0.3 is 4.74 Å². The van der Waals surface area contributed by atoms with Crippen LogP contribution in [0.2, 0.25) is 0 Å². The summed E-state index contributed by atoms with van der Waals surface area (Å²) in [4.78, 5) is 11.4. The van der Waals surface area contributed by atoms with Gasteiger partial charge in [-0.1, -0.05) is 12.1 Å². The monoisotopic (exact) mass is 257 g/mol. The van der Waals surface area contributed by atoms with Gasteiger partial charge in [0, 0.05) is 0 Å². The van der Waals surface area contributed by atoms with Gasteiger partial charge in [0.2, 0.25) is 0 Å². The topological polar surface area (TPSA) is 50.1 Å². The first-order valence-electron chi connectivity index (χ1n) is 5.13. The molecule has 0 N–H and O–H groups in total. The first-order chi connectivity index (χ1) is 8.40. The van der Waals surface area contributed by atoms with Crippen molar-refractivity contribution < 1.29 is 22.7 Å². The first kappa shape index (κ1) is 14.0. The van der Waals surface area contributed by atoms with Crippen LogP contribution in [0.1, 0.15) is 24.0 Å². The Morgan fingerprint density at radius 1 is 1.50 bits per heavy atom. The maximum Gasteiger partial charge on any atom is 0.416 e. The Bertz CT molecular complexity index is 477. The molecule has 0 aliphatic heterocycles. The van der Waals surface area contributed by atoms with Gasteiger partial charge in [0.25, 0.3) is 0 Å². The number of rotatable bonds is 3. The number of hydrogen-bond acceptors (Lipinski definition) is 3. The van der Waals surface area contributed by atoms with Crippen LogP contribution in [0.25, 0.3) is 0 Å². The molecule has 0 amide bonds. The van der Waals surface area contributed by atoms with Gasteiger partial charge in [0.05, 0.1) is 18.2 Å². The highest BCUT2D eigenvalue weighted by Crippen LogP contribution is 2.31. The largest absolute Gasteiger partial charge is 0.465 e. The van der Waals surface area contributed by atoms with Crippen molar-refractivity contribution in [3.8, 4) is 6.07 Å². The third-order valence-corrected chi connectivity index (χ3v) is 2.20. The number of carbonyl (C=O) groups excluding carboxylic acids is 1. The van der Waals surface area contributed by atoms with Crippen LogP contribution in [0, 0.1) is 11.3 Å². The maximum atomic E-state index is 12.5. The Kier molecular flexibility index (Phi) is 4.32. The van der Waals surface area contributed by atoms with Gasteiger partial charge in [-0.05, 0) is 24.6 Å². The summed E-state index contributed by atoms with van der Waals surface area (Å²) in [6.07, 6.45) is -4.51. The predicted octanol–water partition coefficient (Wildman–Crippen LogP) is 2.88. The number of carbonyl (C=O) groups is 1. The fourth-order valence-electron chi connectivity index (χ4n) is 1.38. The normalized spacial score (nSPS) is 12.6. The molecule has 0 radical (unpaired) electrons. The molecule has 0 heterocycles. The van der Waals surface area contributed by atoms with E-state index < -0.39 is 23.6 Å². The molecule has 1 aromatic carbocycles. The van der Waals surface area contributed by atoms with E-state index in [9.17, 15) is 18.0 Å². The molecule has 0 fully saturated rings. The summed E-state index contributed by atoms with van der Waals surface area (Å²) < 4.78 is 42.1. The second-order valence-electron chi connectivity index (χ2n) is 3.44. The van der Waals surface area contributed by atoms with Gasteiger partial charge in [-0.25, -0.2) is 0 Å². The Morgan fingerprint density at radius 3 is 2.67 bits per heavy atom. The third-order valence-electron chi connectivity index (χ3n) is 2.20. The third kappa shape index (κ3) is 3.23. The molecule has 96 valence electrons. The summed E-state index contributed by atoms with van der Waals surface area (Å²) in [7, 11) is 0. The fraction of sp³-hybridized carbons (Fsp3) is 0.333. The molecule has 3 nitrogen and oxygen atoms in total. The average Bonchev–Trinajstić information content (AvgIpc) is 2.29. The summed E-state index contributed by atoms with van der Waals surface area (Å²) in [6, 6.07) is 5.75. The van der Waals surface area contributed by atoms with Crippen molar-refractivity contribution in [3.05, 3.63) is 35.4 Å². The Morgan fingerprint density at radius 2 is 2.17 bits per heavy atom. The lowest BCUT2D eigenvalue weighted by Crippen LogP contribution is -2.15. The van der Waals surface area contributed by atoms with Crippen LogP contribution in [0.3, 0.4) is 0 Å². The standard InChI is InChI=1S/C12H10F3NO2/c1-2-18-11(17)10(7-16)8-4-3-5-9(6-8)12(13,14)15/h3-6,10H,2H2,1H3. The maximum absolute atomic E-state index is 12.5. The van der Waals surface area contributed by atoms with Crippen LogP contribution < -0.4 is 0 Å². The van der Waals surface area contributed by atoms with Crippen molar-refractivity contribution in [1.29, 1.82) is 5.26 Å². The van der Waals surface area contributed by atoms with E-state index in [-0.39, 0.29) is 12.2 Å². The van der Waals surface area contributed by atoms with Crippen LogP contribution in [-0.4, -0.2) is 12.6 Å². The fourth-order valence-corrected chi connectivity index (χ4v) is 1.38. The Labute approximate surface area is 102 Å². The second kappa shape index (κ2) is 5.54. The molecule has 0 spiro atoms. The number of alkyl halides is 3. The number of esters is 1. The molecule has 0 aliphatic rings. The van der Waals surface area contributed by atoms with E-state index >= 15 is 0 Å².